The van der Waals surface area contributed by atoms with Crippen molar-refractivity contribution in [1.29, 1.82) is 0 Å². The number of hydrogen-bond donors (Lipinski definition) is 3. The smallest absolute Gasteiger partial charge is 0.416 e. The molecule has 25 heavy (non-hydrogen) atoms. The minimum Gasteiger partial charge on any atom is -0.481 e. The standard InChI is InChI=1S/C17H21F3N2O3/c18-17(19,20)13-5-3-4-12(10-13)16(7-1-2-8-16)11-22-15(25)21-9-6-14(23)24/h3-5,10H,1-2,6-9,11H2,(H,23,24)(H2,21,22,25). The summed E-state index contributed by atoms with van der Waals surface area (Å²) in [7, 11) is 0. The van der Waals surface area contributed by atoms with Crippen molar-refractivity contribution < 1.29 is 27.9 Å². The topological polar surface area (TPSA) is 78.4 Å². The maximum atomic E-state index is 13.0. The van der Waals surface area contributed by atoms with Gasteiger partial charge in [-0.05, 0) is 24.5 Å². The van der Waals surface area contributed by atoms with Gasteiger partial charge < -0.3 is 15.7 Å². The van der Waals surface area contributed by atoms with Gasteiger partial charge in [0.05, 0.1) is 12.0 Å². The fourth-order valence-corrected chi connectivity index (χ4v) is 3.24. The number of urea groups is 1. The van der Waals surface area contributed by atoms with Gasteiger partial charge in [0, 0.05) is 18.5 Å². The highest BCUT2D eigenvalue weighted by Crippen LogP contribution is 2.42. The molecule has 1 fully saturated rings. The second kappa shape index (κ2) is 7.76. The van der Waals surface area contributed by atoms with E-state index < -0.39 is 29.2 Å². The van der Waals surface area contributed by atoms with Crippen molar-refractivity contribution in [2.24, 2.45) is 0 Å². The number of amides is 2. The van der Waals surface area contributed by atoms with Gasteiger partial charge in [-0.15, -0.1) is 0 Å². The lowest BCUT2D eigenvalue weighted by Crippen LogP contribution is -2.44. The van der Waals surface area contributed by atoms with Crippen LogP contribution in [0.5, 0.6) is 0 Å². The summed E-state index contributed by atoms with van der Waals surface area (Å²) in [6.07, 6.45) is -1.42. The Morgan fingerprint density at radius 3 is 2.44 bits per heavy atom. The molecule has 2 amide bonds. The van der Waals surface area contributed by atoms with Crippen LogP contribution in [0.15, 0.2) is 24.3 Å². The molecule has 0 bridgehead atoms. The van der Waals surface area contributed by atoms with Crippen LogP contribution in [-0.4, -0.2) is 30.2 Å². The van der Waals surface area contributed by atoms with Crippen LogP contribution in [0.1, 0.15) is 43.2 Å². The van der Waals surface area contributed by atoms with Gasteiger partial charge in [0.1, 0.15) is 0 Å². The number of carboxylic acids is 1. The SMILES string of the molecule is O=C(O)CCNC(=O)NCC1(c2cccc(C(F)(F)F)c2)CCCC1. The number of hydrogen-bond acceptors (Lipinski definition) is 2. The molecule has 5 nitrogen and oxygen atoms in total. The van der Waals surface area contributed by atoms with Crippen LogP contribution in [0.2, 0.25) is 0 Å². The number of carboxylic acid groups (broad SMARTS) is 1. The molecular weight excluding hydrogens is 337 g/mol. The average Bonchev–Trinajstić information content (AvgIpc) is 3.02. The summed E-state index contributed by atoms with van der Waals surface area (Å²) in [5.41, 5.74) is -0.640. The van der Waals surface area contributed by atoms with Gasteiger partial charge in [0.2, 0.25) is 0 Å². The molecule has 8 heteroatoms. The van der Waals surface area contributed by atoms with Crippen molar-refractivity contribution in [3.63, 3.8) is 0 Å². The monoisotopic (exact) mass is 358 g/mol. The lowest BCUT2D eigenvalue weighted by Gasteiger charge is -2.30. The zero-order valence-corrected chi connectivity index (χ0v) is 13.7. The van der Waals surface area contributed by atoms with Crippen molar-refractivity contribution in [3.05, 3.63) is 35.4 Å². The van der Waals surface area contributed by atoms with Crippen LogP contribution in [0.3, 0.4) is 0 Å². The van der Waals surface area contributed by atoms with Gasteiger partial charge in [-0.1, -0.05) is 31.0 Å². The van der Waals surface area contributed by atoms with Crippen molar-refractivity contribution >= 4 is 12.0 Å². The lowest BCUT2D eigenvalue weighted by atomic mass is 9.78. The Morgan fingerprint density at radius 2 is 1.84 bits per heavy atom. The number of halogens is 3. The van der Waals surface area contributed by atoms with Gasteiger partial charge in [-0.25, -0.2) is 4.79 Å². The Kier molecular flexibility index (Phi) is 5.92. The fourth-order valence-electron chi connectivity index (χ4n) is 3.24. The molecule has 1 aromatic carbocycles. The predicted molar refractivity (Wildman–Crippen MR) is 85.2 cm³/mol. The summed E-state index contributed by atoms with van der Waals surface area (Å²) in [5.74, 6) is -1.02. The first-order valence-electron chi connectivity index (χ1n) is 8.14. The predicted octanol–water partition coefficient (Wildman–Crippen LogP) is 3.29. The van der Waals surface area contributed by atoms with Crippen LogP contribution < -0.4 is 10.6 Å². The average molecular weight is 358 g/mol. The summed E-state index contributed by atoms with van der Waals surface area (Å²) in [6, 6.07) is 4.75. The molecule has 0 spiro atoms. The molecule has 2 rings (SSSR count). The van der Waals surface area contributed by atoms with Gasteiger partial charge >= 0.3 is 18.2 Å². The second-order valence-corrected chi connectivity index (χ2v) is 6.32. The molecule has 0 aromatic heterocycles. The number of rotatable bonds is 6. The number of carbonyl (C=O) groups excluding carboxylic acids is 1. The van der Waals surface area contributed by atoms with E-state index in [-0.39, 0.29) is 19.5 Å². The maximum absolute atomic E-state index is 13.0. The minimum atomic E-state index is -4.41. The molecule has 1 aliphatic carbocycles. The molecule has 3 N–H and O–H groups in total. The maximum Gasteiger partial charge on any atom is 0.416 e. The summed E-state index contributed by atoms with van der Waals surface area (Å²) in [5, 5.41) is 13.6. The lowest BCUT2D eigenvalue weighted by molar-refractivity contribution is -0.138. The normalized spacial score (nSPS) is 16.4. The van der Waals surface area contributed by atoms with E-state index in [1.165, 1.54) is 6.07 Å². The van der Waals surface area contributed by atoms with E-state index in [0.29, 0.717) is 18.4 Å². The summed E-state index contributed by atoms with van der Waals surface area (Å²) in [4.78, 5) is 22.2. The molecule has 1 saturated carbocycles. The molecule has 0 unspecified atom stereocenters. The Labute approximate surface area is 143 Å². The third-order valence-electron chi connectivity index (χ3n) is 4.57. The number of aliphatic carboxylic acids is 1. The molecule has 0 saturated heterocycles. The molecule has 1 aromatic rings. The Hall–Kier alpha value is -2.25. The fraction of sp³-hybridized carbons (Fsp3) is 0.529. The van der Waals surface area contributed by atoms with Crippen molar-refractivity contribution in [1.82, 2.24) is 10.6 Å². The highest BCUT2D eigenvalue weighted by molar-refractivity contribution is 5.75. The van der Waals surface area contributed by atoms with Gasteiger partial charge in [0.15, 0.2) is 0 Å². The summed E-state index contributed by atoms with van der Waals surface area (Å²) in [6.45, 7) is 0.213. The zero-order chi connectivity index (χ0) is 18.5. The third-order valence-corrected chi connectivity index (χ3v) is 4.57. The van der Waals surface area contributed by atoms with Crippen LogP contribution in [-0.2, 0) is 16.4 Å². The minimum absolute atomic E-state index is 0.00226. The molecule has 0 radical (unpaired) electrons. The van der Waals surface area contributed by atoms with E-state index in [0.717, 1.165) is 25.0 Å². The third kappa shape index (κ3) is 5.11. The number of benzene rings is 1. The Morgan fingerprint density at radius 1 is 1.16 bits per heavy atom. The van der Waals surface area contributed by atoms with Crippen molar-refractivity contribution in [2.45, 2.75) is 43.7 Å². The second-order valence-electron chi connectivity index (χ2n) is 6.32. The van der Waals surface area contributed by atoms with E-state index in [1.807, 2.05) is 0 Å². The van der Waals surface area contributed by atoms with Crippen LogP contribution in [0.4, 0.5) is 18.0 Å². The van der Waals surface area contributed by atoms with Crippen molar-refractivity contribution in [2.75, 3.05) is 13.1 Å². The largest absolute Gasteiger partial charge is 0.481 e. The highest BCUT2D eigenvalue weighted by atomic mass is 19.4. The first-order valence-corrected chi connectivity index (χ1v) is 8.14. The van der Waals surface area contributed by atoms with E-state index in [2.05, 4.69) is 10.6 Å². The quantitative estimate of drug-likeness (QED) is 0.730. The van der Waals surface area contributed by atoms with Crippen LogP contribution in [0.25, 0.3) is 0 Å². The van der Waals surface area contributed by atoms with Crippen LogP contribution in [0, 0.1) is 0 Å². The molecule has 1 aliphatic rings. The van der Waals surface area contributed by atoms with Crippen molar-refractivity contribution in [3.8, 4) is 0 Å². The summed E-state index contributed by atoms with van der Waals surface area (Å²) >= 11 is 0. The molecular formula is C17H21F3N2O3. The number of alkyl halides is 3. The highest BCUT2D eigenvalue weighted by Gasteiger charge is 2.38. The van der Waals surface area contributed by atoms with Crippen LogP contribution >= 0.6 is 0 Å². The van der Waals surface area contributed by atoms with E-state index >= 15 is 0 Å². The first kappa shape index (κ1) is 19.1. The number of nitrogens with one attached hydrogen (secondary N) is 2. The molecule has 138 valence electrons. The van der Waals surface area contributed by atoms with Gasteiger partial charge in [0.25, 0.3) is 0 Å². The van der Waals surface area contributed by atoms with E-state index in [1.54, 1.807) is 6.07 Å². The molecule has 0 atom stereocenters. The Bertz CT molecular complexity index is 626. The van der Waals surface area contributed by atoms with E-state index in [4.69, 9.17) is 5.11 Å². The molecule has 0 aliphatic heterocycles. The van der Waals surface area contributed by atoms with Gasteiger partial charge in [-0.3, -0.25) is 4.79 Å². The summed E-state index contributed by atoms with van der Waals surface area (Å²) < 4.78 is 38.9. The Balaban J connectivity index is 2.06. The zero-order valence-electron chi connectivity index (χ0n) is 13.7. The van der Waals surface area contributed by atoms with Gasteiger partial charge in [-0.2, -0.15) is 13.2 Å². The molecule has 0 heterocycles. The van der Waals surface area contributed by atoms with E-state index in [9.17, 15) is 22.8 Å². The number of carbonyl (C=O) groups is 2. The first-order chi connectivity index (χ1) is 11.7.